The zero-order valence-electron chi connectivity index (χ0n) is 13.0. The van der Waals surface area contributed by atoms with E-state index in [9.17, 15) is 0 Å². The number of anilines is 2. The third-order valence-electron chi connectivity index (χ3n) is 4.29. The smallest absolute Gasteiger partial charge is 0.134 e. The molecule has 0 aliphatic carbocycles. The van der Waals surface area contributed by atoms with E-state index in [1.54, 1.807) is 0 Å². The molecule has 1 unspecified atom stereocenters. The maximum absolute atomic E-state index is 5.65. The van der Waals surface area contributed by atoms with E-state index < -0.39 is 0 Å². The van der Waals surface area contributed by atoms with Gasteiger partial charge in [0.1, 0.15) is 17.5 Å². The fraction of sp³-hybridized carbons (Fsp3) is 0.750. The Morgan fingerprint density at radius 2 is 2.00 bits per heavy atom. The highest BCUT2D eigenvalue weighted by Gasteiger charge is 2.16. The van der Waals surface area contributed by atoms with Crippen molar-refractivity contribution in [3.05, 3.63) is 11.9 Å². The van der Waals surface area contributed by atoms with Gasteiger partial charge >= 0.3 is 0 Å². The average Bonchev–Trinajstić information content (AvgIpc) is 2.85. The molecular weight excluding hydrogens is 264 g/mol. The molecule has 5 nitrogen and oxygen atoms in total. The molecule has 21 heavy (non-hydrogen) atoms. The van der Waals surface area contributed by atoms with Gasteiger partial charge in [-0.05, 0) is 32.6 Å². The van der Waals surface area contributed by atoms with Crippen molar-refractivity contribution < 1.29 is 4.74 Å². The summed E-state index contributed by atoms with van der Waals surface area (Å²) in [5, 5.41) is 3.42. The number of aromatic nitrogens is 2. The molecule has 0 amide bonds. The van der Waals surface area contributed by atoms with E-state index in [2.05, 4.69) is 26.3 Å². The molecule has 1 aromatic rings. The first-order valence-corrected chi connectivity index (χ1v) is 8.27. The summed E-state index contributed by atoms with van der Waals surface area (Å²) >= 11 is 0. The third-order valence-corrected chi connectivity index (χ3v) is 4.29. The highest BCUT2D eigenvalue weighted by molar-refractivity contribution is 5.49. The van der Waals surface area contributed by atoms with Gasteiger partial charge in [-0.15, -0.1) is 0 Å². The van der Waals surface area contributed by atoms with Crippen molar-refractivity contribution in [2.45, 2.75) is 51.6 Å². The Labute approximate surface area is 127 Å². The summed E-state index contributed by atoms with van der Waals surface area (Å²) in [7, 11) is 0. The Kier molecular flexibility index (Phi) is 4.91. The minimum absolute atomic E-state index is 0.335. The van der Waals surface area contributed by atoms with Crippen LogP contribution >= 0.6 is 0 Å². The van der Waals surface area contributed by atoms with Gasteiger partial charge in [-0.1, -0.05) is 12.8 Å². The standard InChI is InChI=1S/C16H26N4O/c1-13-18-15(17-12-14-7-6-10-21-14)11-16(19-13)20-8-4-2-3-5-9-20/h11,14H,2-10,12H2,1H3,(H,17,18,19). The Morgan fingerprint density at radius 1 is 1.19 bits per heavy atom. The fourth-order valence-corrected chi connectivity index (χ4v) is 3.13. The maximum Gasteiger partial charge on any atom is 0.134 e. The zero-order chi connectivity index (χ0) is 14.5. The monoisotopic (exact) mass is 290 g/mol. The van der Waals surface area contributed by atoms with Crippen LogP contribution in [0.2, 0.25) is 0 Å². The van der Waals surface area contributed by atoms with Gasteiger partial charge in [0.15, 0.2) is 0 Å². The third kappa shape index (κ3) is 4.06. The number of aryl methyl sites for hydroxylation is 1. The molecule has 2 aliphatic rings. The topological polar surface area (TPSA) is 50.3 Å². The second-order valence-electron chi connectivity index (χ2n) is 6.08. The normalized spacial score (nSPS) is 23.1. The second-order valence-corrected chi connectivity index (χ2v) is 6.08. The van der Waals surface area contributed by atoms with Crippen molar-refractivity contribution in [1.82, 2.24) is 9.97 Å². The molecule has 2 saturated heterocycles. The van der Waals surface area contributed by atoms with Crippen LogP contribution in [0.1, 0.15) is 44.3 Å². The van der Waals surface area contributed by atoms with Gasteiger partial charge in [0, 0.05) is 32.3 Å². The molecular formula is C16H26N4O. The number of nitrogens with one attached hydrogen (secondary N) is 1. The second kappa shape index (κ2) is 7.07. The van der Waals surface area contributed by atoms with Gasteiger partial charge in [-0.2, -0.15) is 0 Å². The lowest BCUT2D eigenvalue weighted by Gasteiger charge is -2.22. The van der Waals surface area contributed by atoms with E-state index in [1.165, 1.54) is 32.1 Å². The minimum atomic E-state index is 0.335. The van der Waals surface area contributed by atoms with E-state index in [0.29, 0.717) is 6.10 Å². The molecule has 0 spiro atoms. The largest absolute Gasteiger partial charge is 0.376 e. The lowest BCUT2D eigenvalue weighted by Crippen LogP contribution is -2.26. The molecule has 0 saturated carbocycles. The Morgan fingerprint density at radius 3 is 2.71 bits per heavy atom. The van der Waals surface area contributed by atoms with Crippen LogP contribution in [-0.2, 0) is 4.74 Å². The highest BCUT2D eigenvalue weighted by Crippen LogP contribution is 2.20. The molecule has 0 radical (unpaired) electrons. The molecule has 1 aromatic heterocycles. The molecule has 5 heteroatoms. The molecule has 116 valence electrons. The van der Waals surface area contributed by atoms with Crippen LogP contribution in [0.25, 0.3) is 0 Å². The van der Waals surface area contributed by atoms with Crippen molar-refractivity contribution >= 4 is 11.6 Å². The summed E-state index contributed by atoms with van der Waals surface area (Å²) < 4.78 is 5.65. The maximum atomic E-state index is 5.65. The molecule has 1 atom stereocenters. The molecule has 1 N–H and O–H groups in total. The van der Waals surface area contributed by atoms with Gasteiger partial charge in [-0.3, -0.25) is 0 Å². The van der Waals surface area contributed by atoms with Crippen LogP contribution in [0, 0.1) is 6.92 Å². The van der Waals surface area contributed by atoms with Crippen molar-refractivity contribution in [1.29, 1.82) is 0 Å². The van der Waals surface area contributed by atoms with Crippen molar-refractivity contribution in [2.24, 2.45) is 0 Å². The van der Waals surface area contributed by atoms with Gasteiger partial charge in [0.05, 0.1) is 6.10 Å². The summed E-state index contributed by atoms with van der Waals surface area (Å²) in [5.41, 5.74) is 0. The lowest BCUT2D eigenvalue weighted by atomic mass is 10.2. The summed E-state index contributed by atoms with van der Waals surface area (Å²) in [6, 6.07) is 2.09. The molecule has 0 bridgehead atoms. The van der Waals surface area contributed by atoms with Crippen LogP contribution in [0.15, 0.2) is 6.07 Å². The molecule has 2 fully saturated rings. The Bertz CT molecular complexity index is 452. The Hall–Kier alpha value is -1.36. The van der Waals surface area contributed by atoms with E-state index in [1.807, 2.05) is 6.92 Å². The first kappa shape index (κ1) is 14.6. The summed E-state index contributed by atoms with van der Waals surface area (Å²) in [6.45, 7) is 5.94. The quantitative estimate of drug-likeness (QED) is 0.924. The van der Waals surface area contributed by atoms with Gasteiger partial charge in [0.25, 0.3) is 0 Å². The van der Waals surface area contributed by atoms with Crippen LogP contribution in [-0.4, -0.2) is 42.3 Å². The van der Waals surface area contributed by atoms with Crippen LogP contribution in [0.4, 0.5) is 11.6 Å². The van der Waals surface area contributed by atoms with Gasteiger partial charge in [0.2, 0.25) is 0 Å². The number of ether oxygens (including phenoxy) is 1. The SMILES string of the molecule is Cc1nc(NCC2CCCO2)cc(N2CCCCCC2)n1. The first-order chi connectivity index (χ1) is 10.3. The van der Waals surface area contributed by atoms with Gasteiger partial charge in [-0.25, -0.2) is 9.97 Å². The van der Waals surface area contributed by atoms with Crippen LogP contribution < -0.4 is 10.2 Å². The van der Waals surface area contributed by atoms with E-state index in [-0.39, 0.29) is 0 Å². The predicted octanol–water partition coefficient (Wildman–Crippen LogP) is 2.76. The van der Waals surface area contributed by atoms with E-state index >= 15 is 0 Å². The summed E-state index contributed by atoms with van der Waals surface area (Å²) in [5.74, 6) is 2.84. The zero-order valence-corrected chi connectivity index (χ0v) is 13.0. The summed E-state index contributed by atoms with van der Waals surface area (Å²) in [4.78, 5) is 11.5. The van der Waals surface area contributed by atoms with Crippen LogP contribution in [0.5, 0.6) is 0 Å². The Balaban J connectivity index is 1.66. The van der Waals surface area contributed by atoms with E-state index in [0.717, 1.165) is 50.1 Å². The number of hydrogen-bond donors (Lipinski definition) is 1. The lowest BCUT2D eigenvalue weighted by molar-refractivity contribution is 0.120. The van der Waals surface area contributed by atoms with Crippen molar-refractivity contribution in [2.75, 3.05) is 36.5 Å². The van der Waals surface area contributed by atoms with Crippen molar-refractivity contribution in [3.8, 4) is 0 Å². The minimum Gasteiger partial charge on any atom is -0.376 e. The molecule has 2 aliphatic heterocycles. The number of rotatable bonds is 4. The molecule has 3 rings (SSSR count). The van der Waals surface area contributed by atoms with Crippen molar-refractivity contribution in [3.63, 3.8) is 0 Å². The molecule has 0 aromatic carbocycles. The predicted molar refractivity (Wildman–Crippen MR) is 84.9 cm³/mol. The average molecular weight is 290 g/mol. The summed E-state index contributed by atoms with van der Waals surface area (Å²) in [6.07, 6.45) is 7.87. The first-order valence-electron chi connectivity index (χ1n) is 8.27. The highest BCUT2D eigenvalue weighted by atomic mass is 16.5. The van der Waals surface area contributed by atoms with E-state index in [4.69, 9.17) is 4.74 Å². The number of hydrogen-bond acceptors (Lipinski definition) is 5. The van der Waals surface area contributed by atoms with Gasteiger partial charge < -0.3 is 15.0 Å². The van der Waals surface area contributed by atoms with Crippen LogP contribution in [0.3, 0.4) is 0 Å². The fourth-order valence-electron chi connectivity index (χ4n) is 3.13. The molecule has 3 heterocycles. The number of nitrogens with zero attached hydrogens (tertiary/aromatic N) is 3.